The van der Waals surface area contributed by atoms with Crippen molar-refractivity contribution in [2.45, 2.75) is 18.9 Å². The minimum atomic E-state index is -0.538. The number of rotatable bonds is 5. The monoisotopic (exact) mass is 405 g/mol. The Bertz CT molecular complexity index is 1060. The molecule has 0 radical (unpaired) electrons. The summed E-state index contributed by atoms with van der Waals surface area (Å²) in [5.74, 6) is 0.143. The fraction of sp³-hybridized carbons (Fsp3) is 0.304. The highest BCUT2D eigenvalue weighted by Gasteiger charge is 2.19. The van der Waals surface area contributed by atoms with Crippen LogP contribution in [0.5, 0.6) is 0 Å². The van der Waals surface area contributed by atoms with Crippen molar-refractivity contribution in [3.05, 3.63) is 59.9 Å². The molecule has 1 aliphatic rings. The molecular weight excluding hydrogens is 381 g/mol. The molecule has 3 aromatic rings. The molecule has 1 aliphatic heterocycles. The SMILES string of the molecule is CNc1cc(-c2ccc(C#N)c(F)c2)n(-c2ccc(N3CCC(OC)CC3)cc2)n1. The van der Waals surface area contributed by atoms with E-state index in [1.807, 2.05) is 24.3 Å². The maximum Gasteiger partial charge on any atom is 0.148 e. The molecule has 30 heavy (non-hydrogen) atoms. The third-order valence-electron chi connectivity index (χ3n) is 5.59. The lowest BCUT2D eigenvalue weighted by atomic mass is 10.1. The molecule has 1 saturated heterocycles. The van der Waals surface area contributed by atoms with Gasteiger partial charge in [0.25, 0.3) is 0 Å². The number of nitrogens with zero attached hydrogens (tertiary/aromatic N) is 4. The first-order valence-corrected chi connectivity index (χ1v) is 9.99. The fourth-order valence-electron chi connectivity index (χ4n) is 3.83. The van der Waals surface area contributed by atoms with Crippen molar-refractivity contribution in [2.75, 3.05) is 37.5 Å². The van der Waals surface area contributed by atoms with Gasteiger partial charge in [0.2, 0.25) is 0 Å². The third kappa shape index (κ3) is 3.87. The lowest BCUT2D eigenvalue weighted by Crippen LogP contribution is -2.36. The molecule has 1 aromatic heterocycles. The molecule has 2 heterocycles. The number of nitriles is 1. The van der Waals surface area contributed by atoms with Crippen molar-refractivity contribution in [1.82, 2.24) is 9.78 Å². The number of benzene rings is 2. The van der Waals surface area contributed by atoms with Crippen molar-refractivity contribution in [3.8, 4) is 23.0 Å². The van der Waals surface area contributed by atoms with E-state index in [2.05, 4.69) is 27.4 Å². The van der Waals surface area contributed by atoms with Crippen LogP contribution in [-0.4, -0.2) is 43.1 Å². The second-order valence-corrected chi connectivity index (χ2v) is 7.32. The van der Waals surface area contributed by atoms with Crippen LogP contribution in [0.1, 0.15) is 18.4 Å². The Morgan fingerprint density at radius 1 is 1.10 bits per heavy atom. The number of hydrogen-bond acceptors (Lipinski definition) is 5. The van der Waals surface area contributed by atoms with Crippen LogP contribution in [0.3, 0.4) is 0 Å². The van der Waals surface area contributed by atoms with Gasteiger partial charge in [-0.15, -0.1) is 5.10 Å². The molecule has 1 fully saturated rings. The van der Waals surface area contributed by atoms with E-state index in [9.17, 15) is 4.39 Å². The lowest BCUT2D eigenvalue weighted by Gasteiger charge is -2.33. The summed E-state index contributed by atoms with van der Waals surface area (Å²) in [5, 5.41) is 16.6. The summed E-state index contributed by atoms with van der Waals surface area (Å²) in [6.45, 7) is 1.94. The van der Waals surface area contributed by atoms with Crippen molar-refractivity contribution < 1.29 is 9.13 Å². The number of hydrogen-bond donors (Lipinski definition) is 1. The maximum atomic E-state index is 14.2. The number of piperidine rings is 1. The van der Waals surface area contributed by atoms with Crippen LogP contribution in [0.25, 0.3) is 16.9 Å². The quantitative estimate of drug-likeness (QED) is 0.689. The van der Waals surface area contributed by atoms with Gasteiger partial charge in [-0.1, -0.05) is 6.07 Å². The van der Waals surface area contributed by atoms with Gasteiger partial charge in [0.15, 0.2) is 0 Å². The molecule has 7 heteroatoms. The van der Waals surface area contributed by atoms with Crippen molar-refractivity contribution in [3.63, 3.8) is 0 Å². The Morgan fingerprint density at radius 3 is 2.40 bits per heavy atom. The van der Waals surface area contributed by atoms with Gasteiger partial charge in [-0.2, -0.15) is 5.26 Å². The van der Waals surface area contributed by atoms with E-state index >= 15 is 0 Å². The summed E-state index contributed by atoms with van der Waals surface area (Å²) in [5.41, 5.74) is 3.48. The van der Waals surface area contributed by atoms with E-state index in [4.69, 9.17) is 10.00 Å². The zero-order chi connectivity index (χ0) is 21.1. The zero-order valence-electron chi connectivity index (χ0n) is 17.1. The second kappa shape index (κ2) is 8.56. The second-order valence-electron chi connectivity index (χ2n) is 7.32. The summed E-state index contributed by atoms with van der Waals surface area (Å²) in [6, 6.07) is 16.6. The number of halogens is 1. The summed E-state index contributed by atoms with van der Waals surface area (Å²) < 4.78 is 21.4. The van der Waals surface area contributed by atoms with Gasteiger partial charge >= 0.3 is 0 Å². The smallest absolute Gasteiger partial charge is 0.148 e. The molecule has 4 rings (SSSR count). The molecule has 0 atom stereocenters. The number of nitrogens with one attached hydrogen (secondary N) is 1. The van der Waals surface area contributed by atoms with Crippen LogP contribution in [0.15, 0.2) is 48.5 Å². The molecular formula is C23H24FN5O. The van der Waals surface area contributed by atoms with E-state index in [0.717, 1.165) is 37.3 Å². The minimum Gasteiger partial charge on any atom is -0.381 e. The van der Waals surface area contributed by atoms with E-state index in [1.54, 1.807) is 24.9 Å². The third-order valence-corrected chi connectivity index (χ3v) is 5.59. The lowest BCUT2D eigenvalue weighted by molar-refractivity contribution is 0.0819. The predicted molar refractivity (Wildman–Crippen MR) is 115 cm³/mol. The van der Waals surface area contributed by atoms with Crippen LogP contribution < -0.4 is 10.2 Å². The summed E-state index contributed by atoms with van der Waals surface area (Å²) in [7, 11) is 3.57. The highest BCUT2D eigenvalue weighted by atomic mass is 19.1. The molecule has 6 nitrogen and oxygen atoms in total. The average molecular weight is 405 g/mol. The molecule has 0 unspecified atom stereocenters. The van der Waals surface area contributed by atoms with E-state index in [-0.39, 0.29) is 5.56 Å². The molecule has 0 spiro atoms. The Balaban J connectivity index is 1.63. The van der Waals surface area contributed by atoms with E-state index in [0.29, 0.717) is 17.5 Å². The van der Waals surface area contributed by atoms with Crippen molar-refractivity contribution in [2.24, 2.45) is 0 Å². The summed E-state index contributed by atoms with van der Waals surface area (Å²) in [4.78, 5) is 2.36. The van der Waals surface area contributed by atoms with Crippen molar-refractivity contribution >= 4 is 11.5 Å². The fourth-order valence-corrected chi connectivity index (χ4v) is 3.83. The average Bonchev–Trinajstić information content (AvgIpc) is 3.24. The first kappa shape index (κ1) is 19.9. The molecule has 0 bridgehead atoms. The van der Waals surface area contributed by atoms with Gasteiger partial charge in [0.1, 0.15) is 17.7 Å². The normalized spacial score (nSPS) is 14.5. The standard InChI is InChI=1S/C23H24FN5O/c1-26-23-14-22(16-3-4-17(15-25)21(24)13-16)29(27-23)19-7-5-18(6-8-19)28-11-9-20(30-2)10-12-28/h3-8,13-14,20H,9-12H2,1-2H3,(H,26,27). The van der Waals surface area contributed by atoms with Gasteiger partial charge in [0.05, 0.1) is 23.0 Å². The van der Waals surface area contributed by atoms with Gasteiger partial charge < -0.3 is 15.0 Å². The van der Waals surface area contributed by atoms with Crippen molar-refractivity contribution in [1.29, 1.82) is 5.26 Å². The van der Waals surface area contributed by atoms with E-state index in [1.165, 1.54) is 17.8 Å². The van der Waals surface area contributed by atoms with Crippen LogP contribution in [0.2, 0.25) is 0 Å². The van der Waals surface area contributed by atoms with Crippen LogP contribution in [0, 0.1) is 17.1 Å². The van der Waals surface area contributed by atoms with E-state index < -0.39 is 5.82 Å². The Hall–Kier alpha value is -3.37. The van der Waals surface area contributed by atoms with Crippen LogP contribution in [0.4, 0.5) is 15.9 Å². The molecule has 2 aromatic carbocycles. The first-order valence-electron chi connectivity index (χ1n) is 9.99. The first-order chi connectivity index (χ1) is 14.6. The Kier molecular flexibility index (Phi) is 5.68. The Labute approximate surface area is 175 Å². The minimum absolute atomic E-state index is 0.0280. The zero-order valence-corrected chi connectivity index (χ0v) is 17.1. The summed E-state index contributed by atoms with van der Waals surface area (Å²) in [6.07, 6.45) is 2.40. The van der Waals surface area contributed by atoms with Gasteiger partial charge in [-0.05, 0) is 49.2 Å². The highest BCUT2D eigenvalue weighted by molar-refractivity contribution is 5.67. The molecule has 0 aliphatic carbocycles. The summed E-state index contributed by atoms with van der Waals surface area (Å²) >= 11 is 0. The van der Waals surface area contributed by atoms with Gasteiger partial charge in [-0.3, -0.25) is 0 Å². The number of ether oxygens (including phenoxy) is 1. The molecule has 1 N–H and O–H groups in total. The van der Waals surface area contributed by atoms with Crippen LogP contribution >= 0.6 is 0 Å². The highest BCUT2D eigenvalue weighted by Crippen LogP contribution is 2.29. The maximum absolute atomic E-state index is 14.2. The number of aromatic nitrogens is 2. The molecule has 154 valence electrons. The molecule has 0 saturated carbocycles. The molecule has 0 amide bonds. The predicted octanol–water partition coefficient (Wildman–Crippen LogP) is 4.21. The Morgan fingerprint density at radius 2 is 1.80 bits per heavy atom. The van der Waals surface area contributed by atoms with Gasteiger partial charge in [0, 0.05) is 44.6 Å². The topological polar surface area (TPSA) is 66.1 Å². The number of methoxy groups -OCH3 is 1. The van der Waals surface area contributed by atoms with Gasteiger partial charge in [-0.25, -0.2) is 9.07 Å². The van der Waals surface area contributed by atoms with Crippen LogP contribution in [-0.2, 0) is 4.74 Å². The largest absolute Gasteiger partial charge is 0.381 e. The number of anilines is 2.